The fourth-order valence-corrected chi connectivity index (χ4v) is 1.07. The average Bonchev–Trinajstić information content (AvgIpc) is 2.84. The fraction of sp³-hybridized carbons (Fsp3) is 0.143. The maximum Gasteiger partial charge on any atom is 0.300 e. The minimum atomic E-state index is -0.498. The second-order valence-electron chi connectivity index (χ2n) is 2.76. The van der Waals surface area contributed by atoms with Crippen LogP contribution in [0.1, 0.15) is 16.2 Å². The summed E-state index contributed by atoms with van der Waals surface area (Å²) in [6.45, 7) is 1.67. The van der Waals surface area contributed by atoms with Gasteiger partial charge in [-0.05, 0) is 6.92 Å². The van der Waals surface area contributed by atoms with Crippen LogP contribution in [0.5, 0.6) is 0 Å². The molecule has 8 nitrogen and oxygen atoms in total. The molecule has 0 saturated carbocycles. The standard InChI is InChI=1S/C7H6N6O2/c1-5-2-8-11-13(5)7(15)6-3-9-10-12(6)4-14/h2-4H,1H3. The van der Waals surface area contributed by atoms with E-state index in [0.29, 0.717) is 12.1 Å². The van der Waals surface area contributed by atoms with Crippen molar-refractivity contribution in [3.63, 3.8) is 0 Å². The summed E-state index contributed by atoms with van der Waals surface area (Å²) in [4.78, 5) is 22.3. The lowest BCUT2D eigenvalue weighted by Gasteiger charge is -1.99. The van der Waals surface area contributed by atoms with Crippen LogP contribution in [-0.4, -0.2) is 42.3 Å². The topological polar surface area (TPSA) is 95.6 Å². The minimum Gasteiger partial charge on any atom is -0.276 e. The van der Waals surface area contributed by atoms with Crippen molar-refractivity contribution in [2.24, 2.45) is 0 Å². The molecule has 2 aromatic heterocycles. The molecule has 0 radical (unpaired) electrons. The highest BCUT2D eigenvalue weighted by Gasteiger charge is 2.17. The summed E-state index contributed by atoms with van der Waals surface area (Å²) in [6, 6.07) is 0. The van der Waals surface area contributed by atoms with Gasteiger partial charge in [0.05, 0.1) is 18.1 Å². The number of rotatable bonds is 2. The molecule has 0 amide bonds. The predicted molar refractivity (Wildman–Crippen MR) is 46.7 cm³/mol. The summed E-state index contributed by atoms with van der Waals surface area (Å²) >= 11 is 0. The highest BCUT2D eigenvalue weighted by Crippen LogP contribution is 2.00. The Morgan fingerprint density at radius 1 is 1.33 bits per heavy atom. The van der Waals surface area contributed by atoms with Crippen molar-refractivity contribution in [2.75, 3.05) is 0 Å². The van der Waals surface area contributed by atoms with E-state index in [1.165, 1.54) is 12.4 Å². The number of hydrogen-bond acceptors (Lipinski definition) is 6. The van der Waals surface area contributed by atoms with E-state index >= 15 is 0 Å². The van der Waals surface area contributed by atoms with E-state index in [9.17, 15) is 9.59 Å². The molecule has 0 aliphatic carbocycles. The summed E-state index contributed by atoms with van der Waals surface area (Å²) in [5.41, 5.74) is 0.609. The number of aromatic nitrogens is 6. The Labute approximate surface area is 83.5 Å². The Morgan fingerprint density at radius 3 is 2.67 bits per heavy atom. The molecule has 2 aromatic rings. The fourth-order valence-electron chi connectivity index (χ4n) is 1.07. The molecule has 0 aromatic carbocycles. The highest BCUT2D eigenvalue weighted by atomic mass is 16.2. The van der Waals surface area contributed by atoms with Gasteiger partial charge < -0.3 is 0 Å². The van der Waals surface area contributed by atoms with Gasteiger partial charge in [-0.3, -0.25) is 9.59 Å². The maximum atomic E-state index is 11.8. The number of nitrogens with zero attached hydrogens (tertiary/aromatic N) is 6. The van der Waals surface area contributed by atoms with Gasteiger partial charge in [0, 0.05) is 0 Å². The van der Waals surface area contributed by atoms with Gasteiger partial charge >= 0.3 is 0 Å². The molecule has 0 N–H and O–H groups in total. The molecule has 0 aliphatic rings. The Kier molecular flexibility index (Phi) is 2.08. The molecule has 2 rings (SSSR count). The van der Waals surface area contributed by atoms with Gasteiger partial charge in [-0.1, -0.05) is 10.4 Å². The van der Waals surface area contributed by atoms with Crippen LogP contribution in [-0.2, 0) is 4.79 Å². The Bertz CT molecular complexity index is 513. The van der Waals surface area contributed by atoms with Crippen LogP contribution >= 0.6 is 0 Å². The van der Waals surface area contributed by atoms with Crippen LogP contribution in [0.15, 0.2) is 12.4 Å². The van der Waals surface area contributed by atoms with Crippen molar-refractivity contribution in [3.8, 4) is 0 Å². The zero-order chi connectivity index (χ0) is 10.8. The molecular formula is C7H6N6O2. The van der Waals surface area contributed by atoms with E-state index < -0.39 is 5.91 Å². The molecule has 0 aliphatic heterocycles. The van der Waals surface area contributed by atoms with E-state index in [1.807, 2.05) is 0 Å². The average molecular weight is 206 g/mol. The number of carbonyl (C=O) groups is 2. The number of hydrogen-bond donors (Lipinski definition) is 0. The monoisotopic (exact) mass is 206 g/mol. The van der Waals surface area contributed by atoms with Crippen molar-refractivity contribution in [3.05, 3.63) is 23.8 Å². The normalized spacial score (nSPS) is 10.2. The summed E-state index contributed by atoms with van der Waals surface area (Å²) < 4.78 is 1.90. The lowest BCUT2D eigenvalue weighted by molar-refractivity contribution is 0.0933. The zero-order valence-corrected chi connectivity index (χ0v) is 7.73. The van der Waals surface area contributed by atoms with Gasteiger partial charge in [-0.25, -0.2) is 0 Å². The first-order chi connectivity index (χ1) is 7.24. The zero-order valence-electron chi connectivity index (χ0n) is 7.73. The van der Waals surface area contributed by atoms with Crippen molar-refractivity contribution in [2.45, 2.75) is 6.92 Å². The van der Waals surface area contributed by atoms with Crippen molar-refractivity contribution in [1.29, 1.82) is 0 Å². The summed E-state index contributed by atoms with van der Waals surface area (Å²) in [5.74, 6) is -0.498. The van der Waals surface area contributed by atoms with Gasteiger partial charge in [0.25, 0.3) is 5.91 Å². The number of carbonyl (C=O) groups excluding carboxylic acids is 2. The van der Waals surface area contributed by atoms with Crippen LogP contribution in [0.3, 0.4) is 0 Å². The third-order valence-electron chi connectivity index (χ3n) is 1.81. The quantitative estimate of drug-likeness (QED) is 0.579. The molecule has 76 valence electrons. The predicted octanol–water partition coefficient (Wildman–Crippen LogP) is -1.10. The molecule has 2 heterocycles. The summed E-state index contributed by atoms with van der Waals surface area (Å²) in [5, 5.41) is 14.0. The van der Waals surface area contributed by atoms with E-state index in [4.69, 9.17) is 0 Å². The van der Waals surface area contributed by atoms with Crippen LogP contribution < -0.4 is 0 Å². The van der Waals surface area contributed by atoms with Gasteiger partial charge in [-0.2, -0.15) is 9.36 Å². The second kappa shape index (κ2) is 3.40. The Balaban J connectivity index is 2.45. The van der Waals surface area contributed by atoms with Crippen LogP contribution in [0.25, 0.3) is 0 Å². The number of aryl methyl sites for hydroxylation is 1. The first-order valence-electron chi connectivity index (χ1n) is 4.01. The lowest BCUT2D eigenvalue weighted by Crippen LogP contribution is -2.19. The SMILES string of the molecule is Cc1cnnn1C(=O)c1cnnn1C=O. The van der Waals surface area contributed by atoms with Gasteiger partial charge in [-0.15, -0.1) is 10.2 Å². The van der Waals surface area contributed by atoms with Gasteiger partial charge in [0.2, 0.25) is 6.41 Å². The first-order valence-corrected chi connectivity index (χ1v) is 4.01. The smallest absolute Gasteiger partial charge is 0.276 e. The van der Waals surface area contributed by atoms with Gasteiger partial charge in [0.15, 0.2) is 5.69 Å². The summed E-state index contributed by atoms with van der Waals surface area (Å²) in [6.07, 6.45) is 3.03. The third kappa shape index (κ3) is 1.41. The highest BCUT2D eigenvalue weighted by molar-refractivity contribution is 5.95. The van der Waals surface area contributed by atoms with E-state index in [-0.39, 0.29) is 5.69 Å². The third-order valence-corrected chi connectivity index (χ3v) is 1.81. The van der Waals surface area contributed by atoms with Crippen LogP contribution in [0, 0.1) is 6.92 Å². The molecule has 0 unspecified atom stereocenters. The van der Waals surface area contributed by atoms with Crippen molar-refractivity contribution >= 4 is 12.3 Å². The van der Waals surface area contributed by atoms with E-state index in [1.54, 1.807) is 6.92 Å². The van der Waals surface area contributed by atoms with Crippen molar-refractivity contribution in [1.82, 2.24) is 30.0 Å². The second-order valence-corrected chi connectivity index (χ2v) is 2.76. The molecular weight excluding hydrogens is 200 g/mol. The molecule has 0 bridgehead atoms. The maximum absolute atomic E-state index is 11.8. The Hall–Kier alpha value is -2.38. The molecule has 15 heavy (non-hydrogen) atoms. The lowest BCUT2D eigenvalue weighted by atomic mass is 10.4. The molecule has 0 fully saturated rings. The summed E-state index contributed by atoms with van der Waals surface area (Å²) in [7, 11) is 0. The minimum absolute atomic E-state index is 0.0404. The van der Waals surface area contributed by atoms with Crippen molar-refractivity contribution < 1.29 is 9.59 Å². The molecule has 0 saturated heterocycles. The molecule has 0 spiro atoms. The molecule has 8 heteroatoms. The molecule has 0 atom stereocenters. The van der Waals surface area contributed by atoms with Gasteiger partial charge in [0.1, 0.15) is 0 Å². The van der Waals surface area contributed by atoms with E-state index in [2.05, 4.69) is 20.6 Å². The largest absolute Gasteiger partial charge is 0.300 e. The van der Waals surface area contributed by atoms with E-state index in [0.717, 1.165) is 9.36 Å². The van der Waals surface area contributed by atoms with Crippen LogP contribution in [0.2, 0.25) is 0 Å². The van der Waals surface area contributed by atoms with Crippen LogP contribution in [0.4, 0.5) is 0 Å². The Morgan fingerprint density at radius 2 is 2.07 bits per heavy atom. The first kappa shape index (κ1) is 9.19.